The number of hydrogen-bond acceptors (Lipinski definition) is 7. The summed E-state index contributed by atoms with van der Waals surface area (Å²) in [6, 6.07) is 6.58. The number of rotatable bonds is 5. The van der Waals surface area contributed by atoms with Gasteiger partial charge in [-0.3, -0.25) is 4.79 Å². The van der Waals surface area contributed by atoms with Crippen LogP contribution in [-0.2, 0) is 4.79 Å². The second-order valence-electron chi connectivity index (χ2n) is 6.02. The summed E-state index contributed by atoms with van der Waals surface area (Å²) in [5.41, 5.74) is 0. The predicted molar refractivity (Wildman–Crippen MR) is 97.5 cm³/mol. The molecule has 1 saturated heterocycles. The zero-order valence-electron chi connectivity index (χ0n) is 14.2. The normalized spacial score (nSPS) is 17.3. The van der Waals surface area contributed by atoms with Gasteiger partial charge in [0.15, 0.2) is 6.10 Å². The fourth-order valence-electron chi connectivity index (χ4n) is 2.87. The molecule has 1 atom stereocenters. The first-order valence-corrected chi connectivity index (χ1v) is 9.32. The largest absolute Gasteiger partial charge is 0.481 e. The van der Waals surface area contributed by atoms with Crippen molar-refractivity contribution in [1.29, 1.82) is 0 Å². The molecule has 0 aliphatic carbocycles. The molecule has 1 amide bonds. The van der Waals surface area contributed by atoms with E-state index in [2.05, 4.69) is 10.3 Å². The van der Waals surface area contributed by atoms with Gasteiger partial charge >= 0.3 is 11.7 Å². The Balaban J connectivity index is 1.50. The number of ether oxygens (including phenoxy) is 2. The van der Waals surface area contributed by atoms with Gasteiger partial charge in [-0.2, -0.15) is 9.38 Å². The summed E-state index contributed by atoms with van der Waals surface area (Å²) in [5.74, 6) is 0.526. The first-order chi connectivity index (χ1) is 13.1. The van der Waals surface area contributed by atoms with Crippen molar-refractivity contribution in [1.82, 2.24) is 14.7 Å². The maximum absolute atomic E-state index is 12.0. The quantitative estimate of drug-likeness (QED) is 0.531. The van der Waals surface area contributed by atoms with E-state index < -0.39 is 11.0 Å². The van der Waals surface area contributed by atoms with Gasteiger partial charge in [-0.15, -0.1) is 0 Å². The molecule has 0 spiro atoms. The summed E-state index contributed by atoms with van der Waals surface area (Å²) < 4.78 is 12.7. The number of nitrogens with zero attached hydrogens (tertiary/aromatic N) is 3. The summed E-state index contributed by atoms with van der Waals surface area (Å²) >= 11 is 1.28. The highest BCUT2D eigenvalue weighted by Crippen LogP contribution is 2.34. The maximum atomic E-state index is 12.0. The summed E-state index contributed by atoms with van der Waals surface area (Å²) in [5, 5.41) is 15.9. The third kappa shape index (κ3) is 3.56. The molecule has 27 heavy (non-hydrogen) atoms. The van der Waals surface area contributed by atoms with Crippen LogP contribution in [0.4, 0.5) is 5.82 Å². The van der Waals surface area contributed by atoms with Crippen molar-refractivity contribution in [2.45, 2.75) is 25.4 Å². The van der Waals surface area contributed by atoms with E-state index in [1.54, 1.807) is 35.8 Å². The highest BCUT2D eigenvalue weighted by atomic mass is 32.1. The van der Waals surface area contributed by atoms with E-state index in [1.165, 1.54) is 15.7 Å². The Kier molecular flexibility index (Phi) is 4.63. The van der Waals surface area contributed by atoms with E-state index in [0.29, 0.717) is 29.4 Å². The molecule has 140 valence electrons. The molecule has 0 saturated carbocycles. The van der Waals surface area contributed by atoms with Crippen LogP contribution in [0.15, 0.2) is 35.8 Å². The van der Waals surface area contributed by atoms with Gasteiger partial charge in [-0.25, -0.2) is 0 Å². The number of carbonyl (C=O) groups is 1. The second kappa shape index (κ2) is 7.23. The van der Waals surface area contributed by atoms with Crippen molar-refractivity contribution in [3.8, 4) is 17.4 Å². The molecule has 3 aromatic rings. The summed E-state index contributed by atoms with van der Waals surface area (Å²) in [6.45, 7) is 0.673. The van der Waals surface area contributed by atoms with Gasteiger partial charge in [-0.1, -0.05) is 11.3 Å². The molecule has 0 radical (unpaired) electrons. The van der Waals surface area contributed by atoms with Crippen molar-refractivity contribution >= 4 is 28.0 Å². The zero-order chi connectivity index (χ0) is 18.8. The van der Waals surface area contributed by atoms with E-state index in [-0.39, 0.29) is 17.6 Å². The Bertz CT molecular complexity index is 981. The maximum Gasteiger partial charge on any atom is 0.393 e. The van der Waals surface area contributed by atoms with Crippen molar-refractivity contribution in [3.05, 3.63) is 46.0 Å². The summed E-state index contributed by atoms with van der Waals surface area (Å²) in [7, 11) is 0. The van der Waals surface area contributed by atoms with Crippen LogP contribution in [0.1, 0.15) is 19.3 Å². The van der Waals surface area contributed by atoms with E-state index in [9.17, 15) is 14.9 Å². The monoisotopic (exact) mass is 388 g/mol. The average Bonchev–Trinajstić information content (AvgIpc) is 3.15. The summed E-state index contributed by atoms with van der Waals surface area (Å²) in [4.78, 5) is 27.4. The topological polar surface area (TPSA) is 108 Å². The average molecular weight is 388 g/mol. The molecule has 1 N–H and O–H groups in total. The lowest BCUT2D eigenvalue weighted by Crippen LogP contribution is -2.36. The standard InChI is InChI=1S/C17H16N4O5S/c22-14-13(3-1-2-8-18-14)25-11-4-6-12(7-5-11)26-15-16(21(23)24)20-9-10-27-17(20)19-15/h4-7,9-10,13H,1-3,8H2,(H,18,22). The second-order valence-corrected chi connectivity index (χ2v) is 6.89. The van der Waals surface area contributed by atoms with Crippen molar-refractivity contribution in [2.24, 2.45) is 0 Å². The number of imidazole rings is 1. The van der Waals surface area contributed by atoms with Crippen LogP contribution in [0.25, 0.3) is 4.96 Å². The van der Waals surface area contributed by atoms with Gasteiger partial charge in [0.05, 0.1) is 0 Å². The van der Waals surface area contributed by atoms with E-state index >= 15 is 0 Å². The zero-order valence-corrected chi connectivity index (χ0v) is 15.0. The number of hydrogen-bond donors (Lipinski definition) is 1. The Labute approximate surface area is 157 Å². The molecule has 2 aromatic heterocycles. The molecular weight excluding hydrogens is 372 g/mol. The SMILES string of the molecule is O=C1NCCCCC1Oc1ccc(Oc2nc3sccn3c2[N+](=O)[O-])cc1. The highest BCUT2D eigenvalue weighted by molar-refractivity contribution is 7.15. The molecule has 1 aliphatic rings. The van der Waals surface area contributed by atoms with Crippen LogP contribution in [-0.4, -0.2) is 32.9 Å². The molecule has 1 unspecified atom stereocenters. The molecule has 3 heterocycles. The Morgan fingerprint density at radius 1 is 1.26 bits per heavy atom. The number of nitrogens with one attached hydrogen (secondary N) is 1. The Morgan fingerprint density at radius 3 is 2.81 bits per heavy atom. The van der Waals surface area contributed by atoms with E-state index in [0.717, 1.165) is 12.8 Å². The molecule has 1 fully saturated rings. The molecule has 10 heteroatoms. The molecule has 1 aromatic carbocycles. The first-order valence-electron chi connectivity index (χ1n) is 8.44. The summed E-state index contributed by atoms with van der Waals surface area (Å²) in [6.07, 6.45) is 3.60. The smallest absolute Gasteiger partial charge is 0.393 e. The minimum atomic E-state index is -0.524. The van der Waals surface area contributed by atoms with Crippen LogP contribution in [0.2, 0.25) is 0 Å². The third-order valence-electron chi connectivity index (χ3n) is 4.18. The van der Waals surface area contributed by atoms with Gasteiger partial charge in [0.2, 0.25) is 0 Å². The molecular formula is C17H16N4O5S. The van der Waals surface area contributed by atoms with Crippen molar-refractivity contribution in [3.63, 3.8) is 0 Å². The van der Waals surface area contributed by atoms with E-state index in [1.807, 2.05) is 0 Å². The van der Waals surface area contributed by atoms with Gasteiger partial charge in [-0.05, 0) is 48.5 Å². The number of aromatic nitrogens is 2. The van der Waals surface area contributed by atoms with Gasteiger partial charge in [0.25, 0.3) is 10.9 Å². The molecule has 0 bridgehead atoms. The number of benzene rings is 1. The molecule has 1 aliphatic heterocycles. The highest BCUT2D eigenvalue weighted by Gasteiger charge is 2.26. The van der Waals surface area contributed by atoms with Crippen molar-refractivity contribution in [2.75, 3.05) is 6.54 Å². The Morgan fingerprint density at radius 2 is 2.04 bits per heavy atom. The molecule has 4 rings (SSSR count). The minimum Gasteiger partial charge on any atom is -0.481 e. The number of amides is 1. The fourth-order valence-corrected chi connectivity index (χ4v) is 3.58. The van der Waals surface area contributed by atoms with Gasteiger partial charge in [0.1, 0.15) is 17.7 Å². The lowest BCUT2D eigenvalue weighted by molar-refractivity contribution is -0.391. The lowest BCUT2D eigenvalue weighted by Gasteiger charge is -2.16. The fraction of sp³-hybridized carbons (Fsp3) is 0.294. The van der Waals surface area contributed by atoms with Crippen LogP contribution < -0.4 is 14.8 Å². The molecule has 9 nitrogen and oxygen atoms in total. The van der Waals surface area contributed by atoms with Crippen LogP contribution in [0.3, 0.4) is 0 Å². The predicted octanol–water partition coefficient (Wildman–Crippen LogP) is 3.14. The number of thiazole rings is 1. The number of fused-ring (bicyclic) bond motifs is 1. The first kappa shape index (κ1) is 17.3. The van der Waals surface area contributed by atoms with Crippen LogP contribution >= 0.6 is 11.3 Å². The van der Waals surface area contributed by atoms with Gasteiger partial charge < -0.3 is 24.9 Å². The number of nitro groups is 1. The van der Waals surface area contributed by atoms with Crippen LogP contribution in [0, 0.1) is 10.1 Å². The minimum absolute atomic E-state index is 0.0661. The Hall–Kier alpha value is -3.14. The number of carbonyl (C=O) groups excluding carboxylic acids is 1. The van der Waals surface area contributed by atoms with E-state index in [4.69, 9.17) is 9.47 Å². The van der Waals surface area contributed by atoms with Crippen molar-refractivity contribution < 1.29 is 19.2 Å². The third-order valence-corrected chi connectivity index (χ3v) is 4.94. The lowest BCUT2D eigenvalue weighted by atomic mass is 10.2. The van der Waals surface area contributed by atoms with Crippen LogP contribution in [0.5, 0.6) is 17.4 Å². The van der Waals surface area contributed by atoms with Gasteiger partial charge in [0, 0.05) is 11.9 Å².